The second kappa shape index (κ2) is 4.08. The molecule has 3 nitrogen and oxygen atoms in total. The Morgan fingerprint density at radius 1 is 1.24 bits per heavy atom. The third-order valence-corrected chi connectivity index (χ3v) is 3.50. The molecular weight excluding hydrogens is 234 g/mol. The summed E-state index contributed by atoms with van der Waals surface area (Å²) in [5.74, 6) is 0.666. The Morgan fingerprint density at radius 3 is 2.88 bits per heavy atom. The predicted octanol–water partition coefficient (Wildman–Crippen LogP) is 2.99. The first-order valence-corrected chi connectivity index (χ1v) is 6.25. The Labute approximate surface area is 105 Å². The second-order valence-electron chi connectivity index (χ2n) is 4.41. The lowest BCUT2D eigenvalue weighted by Gasteiger charge is -2.13. The number of benzene rings is 1. The van der Waals surface area contributed by atoms with Crippen molar-refractivity contribution in [3.05, 3.63) is 40.5 Å². The molecule has 0 bridgehead atoms. The van der Waals surface area contributed by atoms with Gasteiger partial charge in [0.25, 0.3) is 0 Å². The lowest BCUT2D eigenvalue weighted by Crippen LogP contribution is -2.07. The van der Waals surface area contributed by atoms with Crippen molar-refractivity contribution in [1.29, 1.82) is 0 Å². The third-order valence-electron chi connectivity index (χ3n) is 3.26. The van der Waals surface area contributed by atoms with Crippen LogP contribution in [-0.4, -0.2) is 9.78 Å². The highest BCUT2D eigenvalue weighted by Crippen LogP contribution is 2.28. The van der Waals surface area contributed by atoms with Gasteiger partial charge in [-0.05, 0) is 43.9 Å². The van der Waals surface area contributed by atoms with Crippen molar-refractivity contribution in [2.75, 3.05) is 5.73 Å². The van der Waals surface area contributed by atoms with E-state index in [0.29, 0.717) is 5.82 Å². The highest BCUT2D eigenvalue weighted by molar-refractivity contribution is 6.30. The summed E-state index contributed by atoms with van der Waals surface area (Å²) in [4.78, 5) is 0. The first-order chi connectivity index (χ1) is 8.25. The SMILES string of the molecule is Nc1nn(-c2cccc(Cl)c2)c2c1CCCC2. The molecule has 0 atom stereocenters. The molecule has 1 aliphatic carbocycles. The molecule has 1 heterocycles. The van der Waals surface area contributed by atoms with E-state index in [9.17, 15) is 0 Å². The van der Waals surface area contributed by atoms with Crippen LogP contribution in [0.2, 0.25) is 5.02 Å². The van der Waals surface area contributed by atoms with Crippen LogP contribution in [0.4, 0.5) is 5.82 Å². The van der Waals surface area contributed by atoms with Crippen molar-refractivity contribution in [1.82, 2.24) is 9.78 Å². The van der Waals surface area contributed by atoms with Crippen molar-refractivity contribution in [2.45, 2.75) is 25.7 Å². The molecule has 0 saturated carbocycles. The quantitative estimate of drug-likeness (QED) is 0.842. The number of fused-ring (bicyclic) bond motifs is 1. The lowest BCUT2D eigenvalue weighted by molar-refractivity contribution is 0.653. The molecule has 4 heteroatoms. The molecule has 1 aliphatic rings. The molecule has 88 valence electrons. The van der Waals surface area contributed by atoms with Gasteiger partial charge in [-0.25, -0.2) is 4.68 Å². The van der Waals surface area contributed by atoms with Gasteiger partial charge < -0.3 is 5.73 Å². The monoisotopic (exact) mass is 247 g/mol. The van der Waals surface area contributed by atoms with Crippen LogP contribution in [0.25, 0.3) is 5.69 Å². The summed E-state index contributed by atoms with van der Waals surface area (Å²) in [6.45, 7) is 0. The number of rotatable bonds is 1. The summed E-state index contributed by atoms with van der Waals surface area (Å²) in [6.07, 6.45) is 4.50. The average molecular weight is 248 g/mol. The van der Waals surface area contributed by atoms with Crippen LogP contribution >= 0.6 is 11.6 Å². The first-order valence-electron chi connectivity index (χ1n) is 5.88. The molecule has 0 radical (unpaired) electrons. The fourth-order valence-electron chi connectivity index (χ4n) is 2.45. The maximum Gasteiger partial charge on any atom is 0.149 e. The second-order valence-corrected chi connectivity index (χ2v) is 4.85. The zero-order valence-corrected chi connectivity index (χ0v) is 10.2. The van der Waals surface area contributed by atoms with Gasteiger partial charge in [0.1, 0.15) is 5.82 Å². The summed E-state index contributed by atoms with van der Waals surface area (Å²) in [6, 6.07) is 7.73. The van der Waals surface area contributed by atoms with Crippen LogP contribution in [0, 0.1) is 0 Å². The highest BCUT2D eigenvalue weighted by Gasteiger charge is 2.19. The largest absolute Gasteiger partial charge is 0.382 e. The van der Waals surface area contributed by atoms with Crippen molar-refractivity contribution in [2.24, 2.45) is 0 Å². The summed E-state index contributed by atoms with van der Waals surface area (Å²) in [7, 11) is 0. The molecule has 1 aromatic heterocycles. The molecule has 1 aromatic carbocycles. The molecular formula is C13H14ClN3. The molecule has 0 saturated heterocycles. The molecule has 0 fully saturated rings. The molecule has 3 rings (SSSR count). The Bertz CT molecular complexity index is 560. The van der Waals surface area contributed by atoms with Crippen LogP contribution in [0.5, 0.6) is 0 Å². The van der Waals surface area contributed by atoms with Crippen LogP contribution in [-0.2, 0) is 12.8 Å². The summed E-state index contributed by atoms with van der Waals surface area (Å²) >= 11 is 6.01. The van der Waals surface area contributed by atoms with Crippen LogP contribution in [0.1, 0.15) is 24.1 Å². The molecule has 2 aromatic rings. The van der Waals surface area contributed by atoms with Crippen LogP contribution < -0.4 is 5.73 Å². The average Bonchev–Trinajstić information content (AvgIpc) is 2.68. The van der Waals surface area contributed by atoms with Crippen LogP contribution in [0.3, 0.4) is 0 Å². The zero-order chi connectivity index (χ0) is 11.8. The minimum absolute atomic E-state index is 0.666. The zero-order valence-electron chi connectivity index (χ0n) is 9.49. The van der Waals surface area contributed by atoms with Crippen molar-refractivity contribution < 1.29 is 0 Å². The summed E-state index contributed by atoms with van der Waals surface area (Å²) in [5, 5.41) is 5.16. The van der Waals surface area contributed by atoms with E-state index in [1.165, 1.54) is 24.1 Å². The number of halogens is 1. The fourth-order valence-corrected chi connectivity index (χ4v) is 2.63. The minimum atomic E-state index is 0.666. The van der Waals surface area contributed by atoms with E-state index in [0.717, 1.165) is 23.6 Å². The van der Waals surface area contributed by atoms with Gasteiger partial charge in [-0.15, -0.1) is 0 Å². The number of hydrogen-bond donors (Lipinski definition) is 1. The topological polar surface area (TPSA) is 43.8 Å². The number of hydrogen-bond acceptors (Lipinski definition) is 2. The van der Waals surface area contributed by atoms with Gasteiger partial charge in [-0.2, -0.15) is 5.10 Å². The number of nitrogen functional groups attached to an aromatic ring is 1. The smallest absolute Gasteiger partial charge is 0.149 e. The van der Waals surface area contributed by atoms with E-state index >= 15 is 0 Å². The molecule has 2 N–H and O–H groups in total. The lowest BCUT2D eigenvalue weighted by atomic mass is 9.97. The van der Waals surface area contributed by atoms with E-state index in [2.05, 4.69) is 5.10 Å². The van der Waals surface area contributed by atoms with Gasteiger partial charge in [0.05, 0.1) is 5.69 Å². The van der Waals surface area contributed by atoms with Gasteiger partial charge in [-0.1, -0.05) is 17.7 Å². The van der Waals surface area contributed by atoms with Gasteiger partial charge in [0, 0.05) is 16.3 Å². The minimum Gasteiger partial charge on any atom is -0.382 e. The van der Waals surface area contributed by atoms with Gasteiger partial charge in [-0.3, -0.25) is 0 Å². The van der Waals surface area contributed by atoms with Crippen molar-refractivity contribution in [3.63, 3.8) is 0 Å². The van der Waals surface area contributed by atoms with Crippen molar-refractivity contribution >= 4 is 17.4 Å². The molecule has 0 aliphatic heterocycles. The van der Waals surface area contributed by atoms with E-state index in [4.69, 9.17) is 17.3 Å². The van der Waals surface area contributed by atoms with E-state index in [-0.39, 0.29) is 0 Å². The molecule has 0 spiro atoms. The molecule has 17 heavy (non-hydrogen) atoms. The van der Waals surface area contributed by atoms with Gasteiger partial charge in [0.2, 0.25) is 0 Å². The Kier molecular flexibility index (Phi) is 2.56. The number of aromatic nitrogens is 2. The maximum atomic E-state index is 6.01. The highest BCUT2D eigenvalue weighted by atomic mass is 35.5. The van der Waals surface area contributed by atoms with Crippen LogP contribution in [0.15, 0.2) is 24.3 Å². The number of nitrogens with two attached hydrogens (primary N) is 1. The Hall–Kier alpha value is -1.48. The number of nitrogens with zero attached hydrogens (tertiary/aromatic N) is 2. The van der Waals surface area contributed by atoms with Gasteiger partial charge >= 0.3 is 0 Å². The summed E-state index contributed by atoms with van der Waals surface area (Å²) in [5.41, 5.74) is 9.43. The maximum absolute atomic E-state index is 6.01. The van der Waals surface area contributed by atoms with Gasteiger partial charge in [0.15, 0.2) is 0 Å². The number of anilines is 1. The molecule has 0 unspecified atom stereocenters. The Balaban J connectivity index is 2.15. The Morgan fingerprint density at radius 2 is 2.06 bits per heavy atom. The standard InChI is InChI=1S/C13H14ClN3/c14-9-4-3-5-10(8-9)17-12-7-2-1-6-11(12)13(15)16-17/h3-5,8H,1-2,6-7H2,(H2,15,16). The first kappa shape index (κ1) is 10.7. The van der Waals surface area contributed by atoms with E-state index in [1.807, 2.05) is 28.9 Å². The fraction of sp³-hybridized carbons (Fsp3) is 0.308. The summed E-state index contributed by atoms with van der Waals surface area (Å²) < 4.78 is 1.94. The normalized spacial score (nSPS) is 14.6. The van der Waals surface area contributed by atoms with E-state index < -0.39 is 0 Å². The third kappa shape index (κ3) is 1.80. The van der Waals surface area contributed by atoms with E-state index in [1.54, 1.807) is 0 Å². The predicted molar refractivity (Wildman–Crippen MR) is 69.6 cm³/mol. The van der Waals surface area contributed by atoms with Crippen molar-refractivity contribution in [3.8, 4) is 5.69 Å². The molecule has 0 amide bonds.